The number of aromatic nitrogens is 1. The van der Waals surface area contributed by atoms with Crippen molar-refractivity contribution in [2.24, 2.45) is 0 Å². The Morgan fingerprint density at radius 2 is 2.16 bits per heavy atom. The molecule has 7 nitrogen and oxygen atoms in total. The second-order valence-corrected chi connectivity index (χ2v) is 10.1. The smallest absolute Gasteiger partial charge is 0.181 e. The monoisotopic (exact) mass is 543 g/mol. The van der Waals surface area contributed by atoms with Crippen molar-refractivity contribution in [3.05, 3.63) is 76.5 Å². The molecule has 5 rings (SSSR count). The molecule has 2 heterocycles. The molecule has 9 heteroatoms. The number of aliphatic hydroxyl groups is 1. The largest absolute Gasteiger partial charge is 0.484 e. The van der Waals surface area contributed by atoms with E-state index in [1.807, 2.05) is 36.4 Å². The third-order valence-corrected chi connectivity index (χ3v) is 7.48. The summed E-state index contributed by atoms with van der Waals surface area (Å²) in [6.45, 7) is 2.30. The van der Waals surface area contributed by atoms with Crippen molar-refractivity contribution in [1.82, 2.24) is 9.88 Å². The number of hydrogen-bond donors (Lipinski definition) is 2. The molecule has 2 N–H and O–H groups in total. The maximum atomic E-state index is 12.7. The van der Waals surface area contributed by atoms with Crippen LogP contribution in [0.5, 0.6) is 5.75 Å². The van der Waals surface area contributed by atoms with Gasteiger partial charge in [0.1, 0.15) is 12.4 Å². The molecular formula is C28H34ClN3O4S. The normalized spacial score (nSPS) is 16.3. The van der Waals surface area contributed by atoms with Crippen molar-refractivity contribution in [1.29, 1.82) is 0 Å². The number of nitrogens with one attached hydrogen (secondary N) is 1. The molecule has 0 unspecified atom stereocenters. The Bertz CT molecular complexity index is 1190. The highest BCUT2D eigenvalue weighted by Gasteiger charge is 2.23. The molecule has 1 fully saturated rings. The zero-order valence-electron chi connectivity index (χ0n) is 20.8. The van der Waals surface area contributed by atoms with E-state index in [-0.39, 0.29) is 25.9 Å². The van der Waals surface area contributed by atoms with Crippen molar-refractivity contribution < 1.29 is 19.1 Å². The lowest BCUT2D eigenvalue weighted by Crippen LogP contribution is -2.37. The summed E-state index contributed by atoms with van der Waals surface area (Å²) in [7, 11) is 0. The van der Waals surface area contributed by atoms with E-state index >= 15 is 0 Å². The van der Waals surface area contributed by atoms with Crippen LogP contribution in [0.4, 0.5) is 5.69 Å². The topological polar surface area (TPSA) is 87.8 Å². The summed E-state index contributed by atoms with van der Waals surface area (Å²) in [6.07, 6.45) is 7.63. The number of rotatable bonds is 11. The van der Waals surface area contributed by atoms with Crippen LogP contribution in [0.25, 0.3) is 0 Å². The van der Waals surface area contributed by atoms with Crippen LogP contribution in [0.1, 0.15) is 59.3 Å². The third-order valence-electron chi connectivity index (χ3n) is 7.06. The standard InChI is InChI=1S/C28H32ClN3O4.H2S/c29-28-25-11-12-32(15-20(25)7-10-27(28)35-17-24-14-30-18-36-24)16-23(33)8-9-26(34)19-3-1-6-22(13-19)31-21-4-2-5-21;/h1,3,6-7,10,13-14,18,21,23,31,33H,2,4-5,8-9,11-12,15-17H2;1H2/t23-;/m0./s1. The van der Waals surface area contributed by atoms with Gasteiger partial charge >= 0.3 is 0 Å². The third kappa shape index (κ3) is 7.08. The van der Waals surface area contributed by atoms with Gasteiger partial charge in [0, 0.05) is 43.3 Å². The second-order valence-electron chi connectivity index (χ2n) is 9.73. The van der Waals surface area contributed by atoms with Gasteiger partial charge in [-0.15, -0.1) is 0 Å². The SMILES string of the molecule is O=C(CC[C@H](O)CN1CCc2c(ccc(OCc3cnco3)c2Cl)C1)c1cccc(NC2CCC2)c1.S. The van der Waals surface area contributed by atoms with E-state index in [9.17, 15) is 9.90 Å². The van der Waals surface area contributed by atoms with Gasteiger partial charge in [0.25, 0.3) is 0 Å². The highest BCUT2D eigenvalue weighted by atomic mass is 35.5. The summed E-state index contributed by atoms with van der Waals surface area (Å²) in [5.74, 6) is 1.34. The number of benzene rings is 2. The molecule has 0 amide bonds. The summed E-state index contributed by atoms with van der Waals surface area (Å²) in [6, 6.07) is 12.2. The molecular weight excluding hydrogens is 510 g/mol. The van der Waals surface area contributed by atoms with Crippen molar-refractivity contribution >= 4 is 36.6 Å². The lowest BCUT2D eigenvalue weighted by atomic mass is 9.93. The molecule has 0 radical (unpaired) electrons. The molecule has 1 atom stereocenters. The molecule has 0 saturated heterocycles. The van der Waals surface area contributed by atoms with Gasteiger partial charge in [0.05, 0.1) is 17.3 Å². The van der Waals surface area contributed by atoms with Gasteiger partial charge in [-0.2, -0.15) is 13.5 Å². The van der Waals surface area contributed by atoms with E-state index in [0.717, 1.165) is 29.8 Å². The van der Waals surface area contributed by atoms with Gasteiger partial charge in [0.2, 0.25) is 0 Å². The Labute approximate surface area is 229 Å². The molecule has 1 aliphatic carbocycles. The number of ether oxygens (including phenoxy) is 1. The van der Waals surface area contributed by atoms with Crippen molar-refractivity contribution in [3.8, 4) is 5.75 Å². The number of fused-ring (bicyclic) bond motifs is 1. The average Bonchev–Trinajstić information content (AvgIpc) is 3.38. The number of carbonyl (C=O) groups is 1. The first-order valence-electron chi connectivity index (χ1n) is 12.7. The highest BCUT2D eigenvalue weighted by molar-refractivity contribution is 7.59. The summed E-state index contributed by atoms with van der Waals surface area (Å²) in [4.78, 5) is 18.8. The van der Waals surface area contributed by atoms with Crippen molar-refractivity contribution in [2.75, 3.05) is 18.4 Å². The van der Waals surface area contributed by atoms with Crippen LogP contribution in [-0.2, 0) is 19.6 Å². The number of oxazole rings is 1. The maximum Gasteiger partial charge on any atom is 0.181 e. The Balaban J connectivity index is 0.00000320. The van der Waals surface area contributed by atoms with E-state index in [0.29, 0.717) is 54.1 Å². The molecule has 2 aromatic carbocycles. The van der Waals surface area contributed by atoms with E-state index in [2.05, 4.69) is 15.2 Å². The molecule has 2 aliphatic rings. The summed E-state index contributed by atoms with van der Waals surface area (Å²) in [5, 5.41) is 14.8. The molecule has 1 aromatic heterocycles. The molecule has 37 heavy (non-hydrogen) atoms. The highest BCUT2D eigenvalue weighted by Crippen LogP contribution is 2.34. The Hall–Kier alpha value is -2.52. The predicted octanol–water partition coefficient (Wildman–Crippen LogP) is 5.37. The van der Waals surface area contributed by atoms with Crippen LogP contribution in [0, 0.1) is 0 Å². The van der Waals surface area contributed by atoms with Gasteiger partial charge in [-0.25, -0.2) is 4.98 Å². The minimum Gasteiger partial charge on any atom is -0.484 e. The van der Waals surface area contributed by atoms with E-state index in [4.69, 9.17) is 20.8 Å². The molecule has 0 spiro atoms. The number of aliphatic hydroxyl groups excluding tert-OH is 1. The molecule has 198 valence electrons. The fourth-order valence-electron chi connectivity index (χ4n) is 4.78. The van der Waals surface area contributed by atoms with Crippen LogP contribution < -0.4 is 10.1 Å². The molecule has 0 bridgehead atoms. The zero-order valence-corrected chi connectivity index (χ0v) is 22.5. The molecule has 1 aliphatic heterocycles. The number of nitrogens with zero attached hydrogens (tertiary/aromatic N) is 2. The maximum absolute atomic E-state index is 12.7. The quantitative estimate of drug-likeness (QED) is 0.314. The van der Waals surface area contributed by atoms with Gasteiger partial charge in [-0.05, 0) is 61.4 Å². The minimum atomic E-state index is -0.563. The van der Waals surface area contributed by atoms with Gasteiger partial charge in [-0.1, -0.05) is 29.8 Å². The van der Waals surface area contributed by atoms with Crippen LogP contribution in [0.3, 0.4) is 0 Å². The summed E-state index contributed by atoms with van der Waals surface area (Å²) < 4.78 is 11.0. The van der Waals surface area contributed by atoms with Crippen LogP contribution in [-0.4, -0.2) is 46.0 Å². The average molecular weight is 544 g/mol. The van der Waals surface area contributed by atoms with Gasteiger partial charge in [-0.3, -0.25) is 9.69 Å². The lowest BCUT2D eigenvalue weighted by molar-refractivity contribution is 0.0836. The fourth-order valence-corrected chi connectivity index (χ4v) is 5.11. The first-order valence-corrected chi connectivity index (χ1v) is 13.0. The second kappa shape index (κ2) is 12.8. The van der Waals surface area contributed by atoms with Crippen LogP contribution in [0.2, 0.25) is 5.02 Å². The first-order chi connectivity index (χ1) is 17.5. The molecule has 3 aromatic rings. The zero-order chi connectivity index (χ0) is 24.9. The Morgan fingerprint density at radius 3 is 2.92 bits per heavy atom. The Morgan fingerprint density at radius 1 is 1.30 bits per heavy atom. The summed E-state index contributed by atoms with van der Waals surface area (Å²) in [5.41, 5.74) is 3.93. The first kappa shape index (κ1) is 27.5. The fraction of sp³-hybridized carbons (Fsp3) is 0.429. The number of Topliss-reactive ketones (excluding diaryl/α,β-unsaturated/α-hetero) is 1. The number of ketones is 1. The Kier molecular flexibility index (Phi) is 9.54. The van der Waals surface area contributed by atoms with Crippen molar-refractivity contribution in [2.45, 2.75) is 63.8 Å². The predicted molar refractivity (Wildman–Crippen MR) is 149 cm³/mol. The number of anilines is 1. The lowest BCUT2D eigenvalue weighted by Gasteiger charge is -2.31. The van der Waals surface area contributed by atoms with Gasteiger partial charge in [0.15, 0.2) is 17.9 Å². The van der Waals surface area contributed by atoms with Crippen LogP contribution in [0.15, 0.2) is 53.4 Å². The number of hydrogen-bond acceptors (Lipinski definition) is 7. The van der Waals surface area contributed by atoms with Gasteiger partial charge < -0.3 is 19.6 Å². The van der Waals surface area contributed by atoms with Crippen molar-refractivity contribution in [3.63, 3.8) is 0 Å². The minimum absolute atomic E-state index is 0. The van der Waals surface area contributed by atoms with E-state index in [1.54, 1.807) is 6.20 Å². The summed E-state index contributed by atoms with van der Waals surface area (Å²) >= 11 is 6.63. The van der Waals surface area contributed by atoms with Crippen LogP contribution >= 0.6 is 25.1 Å². The number of β-amino-alcohol motifs (C(OH)–C–C–N with tert-alkyl or cyclic N) is 1. The number of carbonyl (C=O) groups excluding carboxylic acids is 1. The molecule has 1 saturated carbocycles. The van der Waals surface area contributed by atoms with E-state index < -0.39 is 6.10 Å². The van der Waals surface area contributed by atoms with E-state index in [1.165, 1.54) is 25.7 Å². The number of halogens is 1.